The molecule has 1 fully saturated rings. The first-order valence-corrected chi connectivity index (χ1v) is 11.8. The zero-order valence-corrected chi connectivity index (χ0v) is 17.8. The van der Waals surface area contributed by atoms with Crippen LogP contribution in [0.2, 0.25) is 0 Å². The number of benzene rings is 2. The number of para-hydroxylation sites is 1. The molecule has 1 saturated heterocycles. The molecule has 0 unspecified atom stereocenters. The third kappa shape index (κ3) is 4.14. The van der Waals surface area contributed by atoms with Gasteiger partial charge in [-0.15, -0.1) is 0 Å². The summed E-state index contributed by atoms with van der Waals surface area (Å²) in [7, 11) is -1.69. The Labute approximate surface area is 175 Å². The Kier molecular flexibility index (Phi) is 5.42. The molecule has 1 aromatic heterocycles. The normalized spacial score (nSPS) is 14.9. The molecule has 30 heavy (non-hydrogen) atoms. The van der Waals surface area contributed by atoms with E-state index in [9.17, 15) is 13.2 Å². The van der Waals surface area contributed by atoms with Crippen molar-refractivity contribution < 1.29 is 22.4 Å². The zero-order valence-electron chi connectivity index (χ0n) is 17.0. The van der Waals surface area contributed by atoms with Crippen molar-refractivity contribution in [3.63, 3.8) is 0 Å². The number of piperazine rings is 1. The molecule has 8 heteroatoms. The first kappa shape index (κ1) is 20.3. The van der Waals surface area contributed by atoms with Crippen molar-refractivity contribution in [2.24, 2.45) is 0 Å². The lowest BCUT2D eigenvalue weighted by Crippen LogP contribution is -2.48. The molecule has 2 aromatic carbocycles. The molecule has 1 aliphatic heterocycles. The quantitative estimate of drug-likeness (QED) is 0.622. The second kappa shape index (κ2) is 8.02. The van der Waals surface area contributed by atoms with Crippen molar-refractivity contribution in [2.75, 3.05) is 44.4 Å². The third-order valence-electron chi connectivity index (χ3n) is 5.30. The number of ether oxygens (including phenoxy) is 1. The predicted molar refractivity (Wildman–Crippen MR) is 116 cm³/mol. The largest absolute Gasteiger partial charge is 0.497 e. The SMILES string of the molecule is COc1ccc(N2CCN(C(=O)c3oc4ccccc4c3CS(C)(=O)=O)CC2)cc1. The molecule has 0 N–H and O–H groups in total. The maximum Gasteiger partial charge on any atom is 0.290 e. The summed E-state index contributed by atoms with van der Waals surface area (Å²) >= 11 is 0. The van der Waals surface area contributed by atoms with Crippen LogP contribution in [0.15, 0.2) is 52.9 Å². The van der Waals surface area contributed by atoms with Crippen LogP contribution in [0.25, 0.3) is 11.0 Å². The molecule has 4 rings (SSSR count). The number of methoxy groups -OCH3 is 1. The van der Waals surface area contributed by atoms with Gasteiger partial charge in [0.05, 0.1) is 12.9 Å². The summed E-state index contributed by atoms with van der Waals surface area (Å²) < 4.78 is 34.9. The number of carbonyl (C=O) groups is 1. The van der Waals surface area contributed by atoms with Gasteiger partial charge in [0, 0.05) is 49.1 Å². The van der Waals surface area contributed by atoms with Gasteiger partial charge in [-0.3, -0.25) is 4.79 Å². The Morgan fingerprint density at radius 2 is 1.70 bits per heavy atom. The fourth-order valence-electron chi connectivity index (χ4n) is 3.78. The molecule has 2 heterocycles. The molecule has 158 valence electrons. The Hall–Kier alpha value is -3.00. The van der Waals surface area contributed by atoms with Crippen molar-refractivity contribution in [1.82, 2.24) is 4.90 Å². The number of amides is 1. The van der Waals surface area contributed by atoms with Crippen LogP contribution in [-0.2, 0) is 15.6 Å². The van der Waals surface area contributed by atoms with Crippen molar-refractivity contribution in [3.05, 3.63) is 59.9 Å². The van der Waals surface area contributed by atoms with E-state index in [4.69, 9.17) is 9.15 Å². The standard InChI is InChI=1S/C22H24N2O5S/c1-28-17-9-7-16(8-10-17)23-11-13-24(14-12-23)22(25)21-19(15-30(2,26)27)18-5-3-4-6-20(18)29-21/h3-10H,11-15H2,1-2H3. The number of nitrogens with zero attached hydrogens (tertiary/aromatic N) is 2. The van der Waals surface area contributed by atoms with Gasteiger partial charge >= 0.3 is 0 Å². The van der Waals surface area contributed by atoms with Gasteiger partial charge in [0.1, 0.15) is 11.3 Å². The van der Waals surface area contributed by atoms with Crippen LogP contribution in [-0.4, -0.2) is 58.8 Å². The van der Waals surface area contributed by atoms with Crippen LogP contribution < -0.4 is 9.64 Å². The van der Waals surface area contributed by atoms with Gasteiger partial charge < -0.3 is 19.0 Å². The van der Waals surface area contributed by atoms with E-state index in [-0.39, 0.29) is 17.4 Å². The molecule has 7 nitrogen and oxygen atoms in total. The van der Waals surface area contributed by atoms with Crippen molar-refractivity contribution in [1.29, 1.82) is 0 Å². The Balaban J connectivity index is 1.54. The van der Waals surface area contributed by atoms with Crippen LogP contribution in [0.4, 0.5) is 5.69 Å². The number of sulfone groups is 1. The molecule has 0 radical (unpaired) electrons. The fraction of sp³-hybridized carbons (Fsp3) is 0.318. The summed E-state index contributed by atoms with van der Waals surface area (Å²) in [6, 6.07) is 15.0. The van der Waals surface area contributed by atoms with E-state index in [1.165, 1.54) is 0 Å². The summed E-state index contributed by atoms with van der Waals surface area (Å²) in [5.74, 6) is 0.436. The Morgan fingerprint density at radius 3 is 2.33 bits per heavy atom. The highest BCUT2D eigenvalue weighted by Crippen LogP contribution is 2.29. The Morgan fingerprint density at radius 1 is 1.03 bits per heavy atom. The zero-order chi connectivity index (χ0) is 21.3. The van der Waals surface area contributed by atoms with Crippen LogP contribution >= 0.6 is 0 Å². The molecule has 0 aliphatic carbocycles. The van der Waals surface area contributed by atoms with E-state index < -0.39 is 9.84 Å². The molecular weight excluding hydrogens is 404 g/mol. The van der Waals surface area contributed by atoms with Crippen LogP contribution in [0, 0.1) is 0 Å². The molecule has 0 bridgehead atoms. The van der Waals surface area contributed by atoms with Crippen LogP contribution in [0.5, 0.6) is 5.75 Å². The fourth-order valence-corrected chi connectivity index (χ4v) is 4.59. The number of furan rings is 1. The molecule has 3 aromatic rings. The second-order valence-electron chi connectivity index (χ2n) is 7.45. The van der Waals surface area contributed by atoms with Crippen molar-refractivity contribution >= 4 is 32.4 Å². The van der Waals surface area contributed by atoms with E-state index in [1.54, 1.807) is 30.2 Å². The minimum Gasteiger partial charge on any atom is -0.497 e. The third-order valence-corrected chi connectivity index (χ3v) is 6.12. The summed E-state index contributed by atoms with van der Waals surface area (Å²) in [6.45, 7) is 2.42. The van der Waals surface area contributed by atoms with Crippen molar-refractivity contribution in [2.45, 2.75) is 5.75 Å². The average Bonchev–Trinajstić information content (AvgIpc) is 3.10. The molecule has 1 amide bonds. The van der Waals surface area contributed by atoms with Gasteiger partial charge in [0.2, 0.25) is 0 Å². The lowest BCUT2D eigenvalue weighted by molar-refractivity contribution is 0.0716. The highest BCUT2D eigenvalue weighted by molar-refractivity contribution is 7.89. The molecule has 0 saturated carbocycles. The summed E-state index contributed by atoms with van der Waals surface area (Å²) in [4.78, 5) is 17.1. The Bertz CT molecular complexity index is 1160. The number of anilines is 1. The minimum absolute atomic E-state index is 0.125. The van der Waals surface area contributed by atoms with Gasteiger partial charge in [-0.25, -0.2) is 8.42 Å². The van der Waals surface area contributed by atoms with E-state index in [0.717, 1.165) is 17.7 Å². The summed E-state index contributed by atoms with van der Waals surface area (Å²) in [6.07, 6.45) is 1.16. The van der Waals surface area contributed by atoms with Gasteiger partial charge in [-0.05, 0) is 30.3 Å². The predicted octanol–water partition coefficient (Wildman–Crippen LogP) is 2.95. The van der Waals surface area contributed by atoms with E-state index in [1.807, 2.05) is 30.3 Å². The topological polar surface area (TPSA) is 80.1 Å². The van der Waals surface area contributed by atoms with Gasteiger partial charge in [-0.1, -0.05) is 18.2 Å². The highest BCUT2D eigenvalue weighted by Gasteiger charge is 2.29. The van der Waals surface area contributed by atoms with E-state index in [0.29, 0.717) is 42.7 Å². The first-order chi connectivity index (χ1) is 14.4. The lowest BCUT2D eigenvalue weighted by atomic mass is 10.1. The number of fused-ring (bicyclic) bond motifs is 1. The highest BCUT2D eigenvalue weighted by atomic mass is 32.2. The van der Waals surface area contributed by atoms with Gasteiger partial charge in [0.15, 0.2) is 15.6 Å². The van der Waals surface area contributed by atoms with Crippen LogP contribution in [0.3, 0.4) is 0 Å². The van der Waals surface area contributed by atoms with Gasteiger partial charge in [-0.2, -0.15) is 0 Å². The van der Waals surface area contributed by atoms with E-state index in [2.05, 4.69) is 4.90 Å². The molecular formula is C22H24N2O5S. The minimum atomic E-state index is -3.33. The van der Waals surface area contributed by atoms with Crippen LogP contribution in [0.1, 0.15) is 16.1 Å². The second-order valence-corrected chi connectivity index (χ2v) is 9.59. The number of rotatable bonds is 5. The lowest BCUT2D eigenvalue weighted by Gasteiger charge is -2.35. The summed E-state index contributed by atoms with van der Waals surface area (Å²) in [5.41, 5.74) is 2.04. The maximum absolute atomic E-state index is 13.2. The number of carbonyl (C=O) groups excluding carboxylic acids is 1. The van der Waals surface area contributed by atoms with Gasteiger partial charge in [0.25, 0.3) is 5.91 Å². The maximum atomic E-state index is 13.2. The number of hydrogen-bond donors (Lipinski definition) is 0. The first-order valence-electron chi connectivity index (χ1n) is 9.72. The van der Waals surface area contributed by atoms with E-state index >= 15 is 0 Å². The molecule has 0 atom stereocenters. The number of hydrogen-bond acceptors (Lipinski definition) is 6. The molecule has 0 spiro atoms. The monoisotopic (exact) mass is 428 g/mol. The smallest absolute Gasteiger partial charge is 0.290 e. The van der Waals surface area contributed by atoms with Crippen molar-refractivity contribution in [3.8, 4) is 5.75 Å². The average molecular weight is 429 g/mol. The summed E-state index contributed by atoms with van der Waals surface area (Å²) in [5, 5.41) is 0.670. The molecule has 1 aliphatic rings.